The lowest BCUT2D eigenvalue weighted by Crippen LogP contribution is -2.30. The molecule has 140 valence electrons. The molecule has 8 heteroatoms. The van der Waals surface area contributed by atoms with Crippen molar-refractivity contribution in [2.45, 2.75) is 29.2 Å². The largest absolute Gasteiger partial charge is 0.339 e. The number of sulfonamides is 1. The van der Waals surface area contributed by atoms with Gasteiger partial charge in [-0.25, -0.2) is 13.6 Å². The monoisotopic (exact) mass is 456 g/mol. The molecule has 0 radical (unpaired) electrons. The van der Waals surface area contributed by atoms with E-state index in [2.05, 4.69) is 15.9 Å². The molecule has 1 unspecified atom stereocenters. The molecule has 2 rings (SSSR count). The fraction of sp³-hybridized carbons (Fsp3) is 0.278. The molecule has 2 N–H and O–H groups in total. The van der Waals surface area contributed by atoms with E-state index in [0.717, 1.165) is 14.9 Å². The maximum absolute atomic E-state index is 12.5. The first-order chi connectivity index (χ1) is 12.2. The molecule has 0 aliphatic heterocycles. The molecule has 0 saturated heterocycles. The van der Waals surface area contributed by atoms with Crippen LogP contribution in [0.25, 0.3) is 0 Å². The van der Waals surface area contributed by atoms with Gasteiger partial charge in [-0.2, -0.15) is 0 Å². The van der Waals surface area contributed by atoms with Crippen molar-refractivity contribution in [3.05, 3.63) is 58.6 Å². The van der Waals surface area contributed by atoms with Gasteiger partial charge in [0.05, 0.1) is 10.9 Å². The normalized spacial score (nSPS) is 12.6. The summed E-state index contributed by atoms with van der Waals surface area (Å²) in [5, 5.41) is 5.18. The maximum Gasteiger partial charge on any atom is 0.238 e. The molecule has 0 fully saturated rings. The number of rotatable bonds is 7. The Morgan fingerprint density at radius 2 is 1.92 bits per heavy atom. The highest BCUT2D eigenvalue weighted by atomic mass is 79.9. The van der Waals surface area contributed by atoms with Crippen molar-refractivity contribution in [1.82, 2.24) is 4.90 Å². The second-order valence-corrected chi connectivity index (χ2v) is 9.38. The van der Waals surface area contributed by atoms with Crippen LogP contribution in [0.15, 0.2) is 62.8 Å². The fourth-order valence-corrected chi connectivity index (χ4v) is 4.45. The van der Waals surface area contributed by atoms with Gasteiger partial charge in [0.15, 0.2) is 0 Å². The van der Waals surface area contributed by atoms with Crippen LogP contribution in [0.3, 0.4) is 0 Å². The van der Waals surface area contributed by atoms with Gasteiger partial charge in [0.2, 0.25) is 15.9 Å². The van der Waals surface area contributed by atoms with Crippen LogP contribution >= 0.6 is 27.7 Å². The van der Waals surface area contributed by atoms with Crippen LogP contribution in [0, 0.1) is 0 Å². The first kappa shape index (κ1) is 21.0. The maximum atomic E-state index is 12.5. The van der Waals surface area contributed by atoms with Gasteiger partial charge in [-0.05, 0) is 52.7 Å². The van der Waals surface area contributed by atoms with Gasteiger partial charge in [-0.1, -0.05) is 24.3 Å². The Morgan fingerprint density at radius 3 is 2.58 bits per heavy atom. The second kappa shape index (κ2) is 9.03. The topological polar surface area (TPSA) is 80.5 Å². The number of nitrogens with zero attached hydrogens (tertiary/aromatic N) is 1. The third kappa shape index (κ3) is 5.57. The highest BCUT2D eigenvalue weighted by molar-refractivity contribution is 9.10. The Hall–Kier alpha value is -1.35. The van der Waals surface area contributed by atoms with E-state index < -0.39 is 10.0 Å². The number of hydrogen-bond acceptors (Lipinski definition) is 4. The molecular formula is C18H21BrN2O3S2. The van der Waals surface area contributed by atoms with Gasteiger partial charge in [-0.3, -0.25) is 4.79 Å². The van der Waals surface area contributed by atoms with Crippen LogP contribution < -0.4 is 5.14 Å². The van der Waals surface area contributed by atoms with Gasteiger partial charge in [0, 0.05) is 28.6 Å². The fourth-order valence-electron chi connectivity index (χ4n) is 2.38. The van der Waals surface area contributed by atoms with Crippen LogP contribution in [0.4, 0.5) is 0 Å². The molecule has 0 saturated carbocycles. The molecule has 5 nitrogen and oxygen atoms in total. The zero-order valence-corrected chi connectivity index (χ0v) is 17.8. The summed E-state index contributed by atoms with van der Waals surface area (Å²) in [4.78, 5) is 15.2. The first-order valence-corrected chi connectivity index (χ1v) is 11.3. The zero-order valence-electron chi connectivity index (χ0n) is 14.6. The smallest absolute Gasteiger partial charge is 0.238 e. The Kier molecular flexibility index (Phi) is 7.28. The van der Waals surface area contributed by atoms with E-state index in [4.69, 9.17) is 5.14 Å². The Bertz CT molecular complexity index is 888. The van der Waals surface area contributed by atoms with Gasteiger partial charge >= 0.3 is 0 Å². The van der Waals surface area contributed by atoms with Crippen LogP contribution in [0.1, 0.15) is 24.9 Å². The highest BCUT2D eigenvalue weighted by Gasteiger charge is 2.19. The molecule has 0 aliphatic rings. The second-order valence-electron chi connectivity index (χ2n) is 5.83. The lowest BCUT2D eigenvalue weighted by molar-refractivity contribution is -0.131. The molecule has 0 heterocycles. The van der Waals surface area contributed by atoms with Crippen LogP contribution in [-0.2, 0) is 14.8 Å². The number of primary sulfonamides is 1. The zero-order chi connectivity index (χ0) is 19.3. The summed E-state index contributed by atoms with van der Waals surface area (Å²) in [6.07, 6.45) is 0.391. The van der Waals surface area contributed by atoms with Gasteiger partial charge < -0.3 is 4.90 Å². The lowest BCUT2D eigenvalue weighted by Gasteiger charge is -2.25. The van der Waals surface area contributed by atoms with E-state index in [9.17, 15) is 13.2 Å². The van der Waals surface area contributed by atoms with E-state index in [-0.39, 0.29) is 16.8 Å². The summed E-state index contributed by atoms with van der Waals surface area (Å²) < 4.78 is 24.0. The summed E-state index contributed by atoms with van der Waals surface area (Å²) in [5.74, 6) is 0.661. The number of benzene rings is 2. The third-order valence-corrected chi connectivity index (χ3v) is 6.99. The van der Waals surface area contributed by atoms with Crippen molar-refractivity contribution in [1.29, 1.82) is 0 Å². The molecule has 2 aromatic carbocycles. The molecule has 1 atom stereocenters. The number of amides is 1. The average molecular weight is 457 g/mol. The molecule has 1 amide bonds. The van der Waals surface area contributed by atoms with E-state index >= 15 is 0 Å². The first-order valence-electron chi connectivity index (χ1n) is 7.96. The molecule has 0 aromatic heterocycles. The third-order valence-electron chi connectivity index (χ3n) is 4.05. The summed E-state index contributed by atoms with van der Waals surface area (Å²) in [7, 11) is -2.04. The van der Waals surface area contributed by atoms with E-state index in [0.29, 0.717) is 12.2 Å². The Labute approximate surface area is 167 Å². The van der Waals surface area contributed by atoms with Crippen LogP contribution in [0.2, 0.25) is 0 Å². The number of thioether (sulfide) groups is 1. The van der Waals surface area contributed by atoms with Gasteiger partial charge in [0.25, 0.3) is 0 Å². The molecule has 0 aliphatic carbocycles. The summed E-state index contributed by atoms with van der Waals surface area (Å²) in [6.45, 7) is 1.86. The quantitative estimate of drug-likeness (QED) is 0.642. The molecule has 0 bridgehead atoms. The number of carbonyl (C=O) groups is 1. The molecule has 2 aromatic rings. The van der Waals surface area contributed by atoms with Crippen LogP contribution in [-0.4, -0.2) is 32.0 Å². The Balaban J connectivity index is 1.98. The number of halogens is 1. The number of carbonyl (C=O) groups excluding carboxylic acids is 1. The molecular weight excluding hydrogens is 436 g/mol. The van der Waals surface area contributed by atoms with Crippen molar-refractivity contribution >= 4 is 43.6 Å². The number of nitrogens with two attached hydrogens (primary N) is 1. The minimum atomic E-state index is -3.76. The van der Waals surface area contributed by atoms with Crippen LogP contribution in [0.5, 0.6) is 0 Å². The molecule has 0 spiro atoms. The van der Waals surface area contributed by atoms with Crippen molar-refractivity contribution in [3.63, 3.8) is 0 Å². The minimum absolute atomic E-state index is 0.00179. The molecule has 26 heavy (non-hydrogen) atoms. The lowest BCUT2D eigenvalue weighted by atomic mass is 10.1. The highest BCUT2D eigenvalue weighted by Crippen LogP contribution is 2.28. The van der Waals surface area contributed by atoms with E-state index in [1.54, 1.807) is 35.8 Å². The Morgan fingerprint density at radius 1 is 1.23 bits per heavy atom. The summed E-state index contributed by atoms with van der Waals surface area (Å²) in [5.41, 5.74) is 0.728. The summed E-state index contributed by atoms with van der Waals surface area (Å²) >= 11 is 5.11. The predicted octanol–water partition coefficient (Wildman–Crippen LogP) is 3.80. The van der Waals surface area contributed by atoms with E-state index in [1.165, 1.54) is 12.1 Å². The standard InChI is InChI=1S/C18H21BrN2O3S2/c1-13(14-6-5-7-15(12-14)26(20,23)24)21(2)18(22)10-11-25-17-9-4-3-8-16(17)19/h3-9,12-13H,10-11H2,1-2H3,(H2,20,23,24). The van der Waals surface area contributed by atoms with Crippen molar-refractivity contribution in [3.8, 4) is 0 Å². The van der Waals surface area contributed by atoms with E-state index in [1.807, 2.05) is 31.2 Å². The predicted molar refractivity (Wildman–Crippen MR) is 108 cm³/mol. The minimum Gasteiger partial charge on any atom is -0.339 e. The number of hydrogen-bond donors (Lipinski definition) is 1. The SMILES string of the molecule is CC(c1cccc(S(N)(=O)=O)c1)N(C)C(=O)CCSc1ccccc1Br. The van der Waals surface area contributed by atoms with Gasteiger partial charge in [0.1, 0.15) is 0 Å². The van der Waals surface area contributed by atoms with Crippen molar-refractivity contribution in [2.24, 2.45) is 5.14 Å². The average Bonchev–Trinajstić information content (AvgIpc) is 2.61. The van der Waals surface area contributed by atoms with Crippen molar-refractivity contribution in [2.75, 3.05) is 12.8 Å². The van der Waals surface area contributed by atoms with Gasteiger partial charge in [-0.15, -0.1) is 11.8 Å². The van der Waals surface area contributed by atoms with Crippen molar-refractivity contribution < 1.29 is 13.2 Å². The summed E-state index contributed by atoms with van der Waals surface area (Å²) in [6, 6.07) is 14.0.